The average molecular weight is 1500 g/mol. The van der Waals surface area contributed by atoms with E-state index < -0.39 is 26.5 Å². The van der Waals surface area contributed by atoms with E-state index in [9.17, 15) is 19.0 Å². The molecule has 2 atom stereocenters. The van der Waals surface area contributed by atoms with Gasteiger partial charge in [0.15, 0.2) is 6.10 Å². The summed E-state index contributed by atoms with van der Waals surface area (Å²) in [7, 11) is 1.18. The zero-order chi connectivity index (χ0) is 76.8. The van der Waals surface area contributed by atoms with Crippen molar-refractivity contribution >= 4 is 19.8 Å². The van der Waals surface area contributed by atoms with E-state index in [0.29, 0.717) is 17.4 Å². The number of nitrogens with zero attached hydrogens (tertiary/aromatic N) is 1. The molecule has 0 bridgehead atoms. The maximum atomic E-state index is 12.9. The molecule has 0 rings (SSSR count). The molecule has 0 saturated carbocycles. The second kappa shape index (κ2) is 85.4. The van der Waals surface area contributed by atoms with E-state index >= 15 is 0 Å². The van der Waals surface area contributed by atoms with Crippen LogP contribution in [-0.4, -0.2) is 70.0 Å². The first kappa shape index (κ1) is 102. The number of hydrogen-bond acceptors (Lipinski definition) is 8. The van der Waals surface area contributed by atoms with Gasteiger partial charge in [-0.3, -0.25) is 14.2 Å². The molecule has 0 fully saturated rings. The highest BCUT2D eigenvalue weighted by Crippen LogP contribution is 2.38. The quantitative estimate of drug-likeness (QED) is 0.0195. The summed E-state index contributed by atoms with van der Waals surface area (Å²) in [4.78, 5) is 38.3. The van der Waals surface area contributed by atoms with Gasteiger partial charge in [-0.25, -0.2) is 0 Å². The lowest BCUT2D eigenvalue weighted by Crippen LogP contribution is -2.37. The summed E-state index contributed by atoms with van der Waals surface area (Å²) >= 11 is 0. The third-order valence-corrected chi connectivity index (χ3v) is 20.9. The Morgan fingerprint density at radius 2 is 0.509 bits per heavy atom. The summed E-state index contributed by atoms with van der Waals surface area (Å²) in [6, 6.07) is 0. The first-order valence-corrected chi connectivity index (χ1v) is 46.7. The van der Waals surface area contributed by atoms with Crippen molar-refractivity contribution in [1.29, 1.82) is 0 Å². The van der Waals surface area contributed by atoms with Crippen LogP contribution in [0.15, 0.2) is 122 Å². The van der Waals surface area contributed by atoms with Gasteiger partial charge in [0.1, 0.15) is 19.8 Å². The molecule has 0 aliphatic heterocycles. The highest BCUT2D eigenvalue weighted by atomic mass is 31.2. The summed E-state index contributed by atoms with van der Waals surface area (Å²) in [6.07, 6.45) is 124. The molecule has 9 nitrogen and oxygen atoms in total. The zero-order valence-electron chi connectivity index (χ0n) is 70.4. The van der Waals surface area contributed by atoms with Crippen molar-refractivity contribution in [1.82, 2.24) is 0 Å². The SMILES string of the molecule is CC/C=C\C/C=C\C/C=C\C/C=C\C/C=C\CCCCCCCCCCCCCCCCCCCCCCCCCCCC(=O)OCC(COP(=O)([O-])OCC[N+](C)(C)C)OC(=O)CCCCCCCCCCCCCCCCCCCCCCCCCCC/C=C\C/C=C\C/C=C\C/C=C\C/C=C\CC. The summed E-state index contributed by atoms with van der Waals surface area (Å²) in [5, 5.41) is 0. The normalized spacial score (nSPS) is 13.5. The van der Waals surface area contributed by atoms with Gasteiger partial charge in [0.05, 0.1) is 27.7 Å². The fraction of sp³-hybridized carbons (Fsp3) is 0.771. The number of carbonyl (C=O) groups is 2. The lowest BCUT2D eigenvalue weighted by Gasteiger charge is -2.28. The van der Waals surface area contributed by atoms with Gasteiger partial charge in [0.2, 0.25) is 0 Å². The van der Waals surface area contributed by atoms with Crippen molar-refractivity contribution in [2.24, 2.45) is 0 Å². The van der Waals surface area contributed by atoms with Crippen LogP contribution in [0.25, 0.3) is 0 Å². The second-order valence-electron chi connectivity index (χ2n) is 31.6. The highest BCUT2D eigenvalue weighted by molar-refractivity contribution is 7.45. The number of likely N-dealkylation sites (N-methyl/N-ethyl adjacent to an activating group) is 1. The molecule has 614 valence electrons. The van der Waals surface area contributed by atoms with Crippen LogP contribution in [0, 0.1) is 0 Å². The molecule has 10 heteroatoms. The van der Waals surface area contributed by atoms with Crippen LogP contribution in [0.2, 0.25) is 0 Å². The Labute approximate surface area is 658 Å². The Bertz CT molecular complexity index is 2210. The molecule has 0 amide bonds. The summed E-state index contributed by atoms with van der Waals surface area (Å²) < 4.78 is 34.5. The molecular formula is C96H172NO8P. The van der Waals surface area contributed by atoms with E-state index in [-0.39, 0.29) is 32.0 Å². The number of unbranched alkanes of at least 4 members (excludes halogenated alkanes) is 50. The third-order valence-electron chi connectivity index (χ3n) is 20.0. The smallest absolute Gasteiger partial charge is 0.306 e. The predicted octanol–water partition coefficient (Wildman–Crippen LogP) is 30.2. The number of phosphoric acid groups is 1. The largest absolute Gasteiger partial charge is 0.756 e. The van der Waals surface area contributed by atoms with Crippen molar-refractivity contribution < 1.29 is 42.1 Å². The van der Waals surface area contributed by atoms with Gasteiger partial charge < -0.3 is 27.9 Å². The fourth-order valence-electron chi connectivity index (χ4n) is 13.2. The second-order valence-corrected chi connectivity index (χ2v) is 33.0. The number of quaternary nitrogens is 1. The number of hydrogen-bond donors (Lipinski definition) is 0. The number of carbonyl (C=O) groups excluding carboxylic acids is 2. The molecule has 0 aromatic rings. The van der Waals surface area contributed by atoms with Crippen molar-refractivity contribution in [3.05, 3.63) is 122 Å². The summed E-state index contributed by atoms with van der Waals surface area (Å²) in [5.74, 6) is -0.811. The van der Waals surface area contributed by atoms with E-state index in [4.69, 9.17) is 18.5 Å². The topological polar surface area (TPSA) is 111 Å². The maximum absolute atomic E-state index is 12.9. The van der Waals surface area contributed by atoms with Crippen LogP contribution in [0.4, 0.5) is 0 Å². The Balaban J connectivity index is 3.85. The molecule has 106 heavy (non-hydrogen) atoms. The van der Waals surface area contributed by atoms with Gasteiger partial charge in [-0.15, -0.1) is 0 Å². The van der Waals surface area contributed by atoms with E-state index in [1.807, 2.05) is 21.1 Å². The third kappa shape index (κ3) is 89.3. The number of rotatable bonds is 84. The van der Waals surface area contributed by atoms with Gasteiger partial charge in [-0.05, 0) is 103 Å². The van der Waals surface area contributed by atoms with Crippen molar-refractivity contribution in [2.45, 2.75) is 431 Å². The minimum atomic E-state index is -4.65. The van der Waals surface area contributed by atoms with Gasteiger partial charge in [-0.1, -0.05) is 431 Å². The molecule has 0 aromatic carbocycles. The Hall–Kier alpha value is -3.59. The number of allylic oxidation sites excluding steroid dienone is 20. The van der Waals surface area contributed by atoms with Crippen molar-refractivity contribution in [3.8, 4) is 0 Å². The van der Waals surface area contributed by atoms with Crippen LogP contribution in [0.5, 0.6) is 0 Å². The van der Waals surface area contributed by atoms with Gasteiger partial charge in [0, 0.05) is 12.8 Å². The maximum Gasteiger partial charge on any atom is 0.306 e. The molecule has 2 unspecified atom stereocenters. The molecule has 0 spiro atoms. The minimum absolute atomic E-state index is 0.0300. The van der Waals surface area contributed by atoms with E-state index in [2.05, 4.69) is 135 Å². The van der Waals surface area contributed by atoms with Gasteiger partial charge in [0.25, 0.3) is 7.82 Å². The number of ether oxygens (including phenoxy) is 2. The molecule has 0 aliphatic carbocycles. The molecule has 0 saturated heterocycles. The predicted molar refractivity (Wildman–Crippen MR) is 461 cm³/mol. The first-order chi connectivity index (χ1) is 52.0. The van der Waals surface area contributed by atoms with E-state index in [1.165, 1.54) is 295 Å². The van der Waals surface area contributed by atoms with Crippen LogP contribution >= 0.6 is 7.82 Å². The van der Waals surface area contributed by atoms with Crippen LogP contribution in [0.1, 0.15) is 425 Å². The van der Waals surface area contributed by atoms with Crippen LogP contribution in [-0.2, 0) is 32.7 Å². The van der Waals surface area contributed by atoms with E-state index in [0.717, 1.165) is 96.3 Å². The van der Waals surface area contributed by atoms with Crippen LogP contribution in [0.3, 0.4) is 0 Å². The lowest BCUT2D eigenvalue weighted by molar-refractivity contribution is -0.870. The van der Waals surface area contributed by atoms with E-state index in [1.54, 1.807) is 0 Å². The molecule has 0 N–H and O–H groups in total. The Morgan fingerprint density at radius 1 is 0.292 bits per heavy atom. The van der Waals surface area contributed by atoms with Crippen molar-refractivity contribution in [3.63, 3.8) is 0 Å². The molecule has 0 aromatic heterocycles. The molecule has 0 radical (unpaired) electrons. The molecule has 0 aliphatic rings. The number of phosphoric ester groups is 1. The van der Waals surface area contributed by atoms with Gasteiger partial charge in [-0.2, -0.15) is 0 Å². The monoisotopic (exact) mass is 1500 g/mol. The fourth-order valence-corrected chi connectivity index (χ4v) is 13.9. The highest BCUT2D eigenvalue weighted by Gasteiger charge is 2.22. The standard InChI is InChI=1S/C96H172NO8P/c1-6-8-10-12-14-16-18-20-22-24-26-28-30-32-34-36-38-40-42-44-46-48-50-52-54-56-58-60-62-64-66-68-70-72-74-76-78-80-82-84-86-88-95(98)102-92-94(93-104-106(100,101)103-91-90-97(3,4)5)105-96(99)89-87-85-83-81-79-77-75-73-71-69-67-65-63-61-59-57-55-53-51-49-47-45-43-41-39-37-35-33-31-29-27-25-23-21-19-17-15-13-11-9-7-2/h8-11,14-17,20-23,26-29,32-35,94H,6-7,12-13,18-19,24-25,30-31,36-93H2,1-5H3/b10-8-,11-9-,16-14-,17-15-,22-20-,23-21-,28-26-,29-27-,34-32-,35-33-. The Kier molecular flexibility index (Phi) is 82.5. The summed E-state index contributed by atoms with van der Waals surface area (Å²) in [6.45, 7) is 4.07. The summed E-state index contributed by atoms with van der Waals surface area (Å²) in [5.41, 5.74) is 0. The van der Waals surface area contributed by atoms with Crippen LogP contribution < -0.4 is 4.89 Å². The molecular weight excluding hydrogens is 1330 g/mol. The van der Waals surface area contributed by atoms with Crippen molar-refractivity contribution in [2.75, 3.05) is 47.5 Å². The zero-order valence-corrected chi connectivity index (χ0v) is 71.3. The number of esters is 2. The minimum Gasteiger partial charge on any atom is -0.756 e. The Morgan fingerprint density at radius 3 is 0.755 bits per heavy atom. The molecule has 0 heterocycles. The average Bonchev–Trinajstić information content (AvgIpc) is 0.951. The van der Waals surface area contributed by atoms with Gasteiger partial charge >= 0.3 is 11.9 Å². The first-order valence-electron chi connectivity index (χ1n) is 45.2. The lowest BCUT2D eigenvalue weighted by atomic mass is 10.0.